The van der Waals surface area contributed by atoms with Crippen molar-refractivity contribution in [2.24, 2.45) is 11.7 Å². The molecule has 0 saturated carbocycles. The first-order valence-corrected chi connectivity index (χ1v) is 10.6. The van der Waals surface area contributed by atoms with Crippen LogP contribution in [0.5, 0.6) is 0 Å². The molecule has 0 spiro atoms. The number of amides is 2. The number of anilines is 1. The van der Waals surface area contributed by atoms with E-state index >= 15 is 0 Å². The van der Waals surface area contributed by atoms with Gasteiger partial charge in [0.2, 0.25) is 5.91 Å². The standard InChI is InChI=1S/C23H25ClFN3O3/c1-23(2,3)31-22(30)28-17(21(26)29)11-15-18(12-7-5-4-6-8-12)27-19-14(20(15)28)9-13(24)10-16(19)25/h4-10,15,17-18,20,27H,11H2,1-3H3,(H2,26,29). The molecule has 2 heterocycles. The van der Waals surface area contributed by atoms with E-state index in [0.717, 1.165) is 5.56 Å². The lowest BCUT2D eigenvalue weighted by atomic mass is 9.79. The summed E-state index contributed by atoms with van der Waals surface area (Å²) in [6.45, 7) is 5.24. The Balaban J connectivity index is 1.88. The van der Waals surface area contributed by atoms with E-state index in [9.17, 15) is 14.0 Å². The second kappa shape index (κ2) is 7.71. The maximum atomic E-state index is 15.0. The summed E-state index contributed by atoms with van der Waals surface area (Å²) in [5.41, 5.74) is 6.62. The predicted molar refractivity (Wildman–Crippen MR) is 116 cm³/mol. The highest BCUT2D eigenvalue weighted by atomic mass is 35.5. The number of carbonyl (C=O) groups is 2. The topological polar surface area (TPSA) is 84.7 Å². The Kier molecular flexibility index (Phi) is 5.33. The summed E-state index contributed by atoms with van der Waals surface area (Å²) < 4.78 is 20.6. The second-order valence-corrected chi connectivity index (χ2v) is 9.47. The van der Waals surface area contributed by atoms with Gasteiger partial charge in [-0.1, -0.05) is 41.9 Å². The molecule has 31 heavy (non-hydrogen) atoms. The quantitative estimate of drug-likeness (QED) is 0.695. The number of rotatable bonds is 2. The summed E-state index contributed by atoms with van der Waals surface area (Å²) >= 11 is 6.16. The van der Waals surface area contributed by atoms with Crippen molar-refractivity contribution in [2.45, 2.75) is 50.9 Å². The van der Waals surface area contributed by atoms with Gasteiger partial charge in [-0.2, -0.15) is 0 Å². The summed E-state index contributed by atoms with van der Waals surface area (Å²) in [4.78, 5) is 26.9. The smallest absolute Gasteiger partial charge is 0.411 e. The maximum Gasteiger partial charge on any atom is 0.411 e. The lowest BCUT2D eigenvalue weighted by Crippen LogP contribution is -2.47. The van der Waals surface area contributed by atoms with Crippen LogP contribution in [0.1, 0.15) is 50.4 Å². The molecule has 0 radical (unpaired) electrons. The van der Waals surface area contributed by atoms with Crippen LogP contribution in [0.4, 0.5) is 14.9 Å². The Morgan fingerprint density at radius 2 is 1.90 bits per heavy atom. The molecule has 164 valence electrons. The number of hydrogen-bond donors (Lipinski definition) is 2. The van der Waals surface area contributed by atoms with Crippen molar-refractivity contribution in [2.75, 3.05) is 5.32 Å². The van der Waals surface area contributed by atoms with Gasteiger partial charge < -0.3 is 15.8 Å². The fraction of sp³-hybridized carbons (Fsp3) is 0.391. The highest BCUT2D eigenvalue weighted by molar-refractivity contribution is 6.30. The first kappa shape index (κ1) is 21.4. The summed E-state index contributed by atoms with van der Waals surface area (Å²) in [5.74, 6) is -1.39. The third-order valence-electron chi connectivity index (χ3n) is 5.76. The minimum Gasteiger partial charge on any atom is -0.444 e. The third kappa shape index (κ3) is 3.94. The molecule has 2 aromatic carbocycles. The van der Waals surface area contributed by atoms with Crippen molar-refractivity contribution in [3.63, 3.8) is 0 Å². The maximum absolute atomic E-state index is 15.0. The van der Waals surface area contributed by atoms with Crippen LogP contribution < -0.4 is 11.1 Å². The van der Waals surface area contributed by atoms with E-state index in [1.54, 1.807) is 26.8 Å². The zero-order valence-corrected chi connectivity index (χ0v) is 18.3. The van der Waals surface area contributed by atoms with E-state index in [0.29, 0.717) is 12.0 Å². The molecule has 2 aliphatic heterocycles. The van der Waals surface area contributed by atoms with Gasteiger partial charge in [-0.15, -0.1) is 0 Å². The Hall–Kier alpha value is -2.80. The van der Waals surface area contributed by atoms with Crippen LogP contribution in [0.15, 0.2) is 42.5 Å². The number of fused-ring (bicyclic) bond motifs is 3. The van der Waals surface area contributed by atoms with Crippen molar-refractivity contribution in [3.8, 4) is 0 Å². The Morgan fingerprint density at radius 1 is 1.23 bits per heavy atom. The molecule has 2 amide bonds. The van der Waals surface area contributed by atoms with Crippen molar-refractivity contribution < 1.29 is 18.7 Å². The van der Waals surface area contributed by atoms with Gasteiger partial charge in [0.15, 0.2) is 0 Å². The van der Waals surface area contributed by atoms with Crippen molar-refractivity contribution in [1.29, 1.82) is 0 Å². The number of nitrogens with two attached hydrogens (primary N) is 1. The molecule has 1 fully saturated rings. The van der Waals surface area contributed by atoms with E-state index in [1.807, 2.05) is 30.3 Å². The van der Waals surface area contributed by atoms with Gasteiger partial charge in [-0.3, -0.25) is 9.69 Å². The molecule has 4 unspecified atom stereocenters. The van der Waals surface area contributed by atoms with Crippen LogP contribution in [-0.4, -0.2) is 28.5 Å². The van der Waals surface area contributed by atoms with E-state index < -0.39 is 35.5 Å². The van der Waals surface area contributed by atoms with Gasteiger partial charge in [-0.25, -0.2) is 9.18 Å². The zero-order valence-electron chi connectivity index (χ0n) is 17.6. The van der Waals surface area contributed by atoms with Crippen LogP contribution in [0.3, 0.4) is 0 Å². The van der Waals surface area contributed by atoms with Crippen LogP contribution in [0, 0.1) is 11.7 Å². The minimum atomic E-state index is -0.883. The fourth-order valence-electron chi connectivity index (χ4n) is 4.64. The van der Waals surface area contributed by atoms with Gasteiger partial charge in [-0.05, 0) is 44.9 Å². The number of likely N-dealkylation sites (tertiary alicyclic amines) is 1. The first-order valence-electron chi connectivity index (χ1n) is 10.2. The average molecular weight is 446 g/mol. The van der Waals surface area contributed by atoms with Crippen LogP contribution >= 0.6 is 11.6 Å². The monoisotopic (exact) mass is 445 g/mol. The van der Waals surface area contributed by atoms with Crippen LogP contribution in [-0.2, 0) is 9.53 Å². The SMILES string of the molecule is CC(C)(C)OC(=O)N1C(C(N)=O)CC2C(c3ccccc3)Nc3c(F)cc(Cl)cc3C21. The number of carbonyl (C=O) groups excluding carboxylic acids is 2. The molecule has 0 aromatic heterocycles. The van der Waals surface area contributed by atoms with Crippen LogP contribution in [0.25, 0.3) is 0 Å². The molecule has 4 rings (SSSR count). The third-order valence-corrected chi connectivity index (χ3v) is 5.98. The molecule has 1 saturated heterocycles. The Labute approximate surface area is 185 Å². The predicted octanol–water partition coefficient (Wildman–Crippen LogP) is 4.80. The first-order chi connectivity index (χ1) is 14.6. The van der Waals surface area contributed by atoms with Crippen molar-refractivity contribution in [3.05, 3.63) is 64.4 Å². The zero-order chi connectivity index (χ0) is 22.5. The number of benzene rings is 2. The van der Waals surface area contributed by atoms with E-state index in [4.69, 9.17) is 22.1 Å². The van der Waals surface area contributed by atoms with Gasteiger partial charge in [0.05, 0.1) is 17.8 Å². The Morgan fingerprint density at radius 3 is 2.52 bits per heavy atom. The Bertz CT molecular complexity index is 1020. The summed E-state index contributed by atoms with van der Waals surface area (Å²) in [6.07, 6.45) is -0.344. The van der Waals surface area contributed by atoms with E-state index in [-0.39, 0.29) is 22.7 Å². The fourth-order valence-corrected chi connectivity index (χ4v) is 4.85. The number of nitrogens with one attached hydrogen (secondary N) is 1. The molecular weight excluding hydrogens is 421 g/mol. The molecule has 6 nitrogen and oxygen atoms in total. The van der Waals surface area contributed by atoms with Crippen molar-refractivity contribution >= 4 is 29.3 Å². The number of nitrogens with zero attached hydrogens (tertiary/aromatic N) is 1. The van der Waals surface area contributed by atoms with Gasteiger partial charge >= 0.3 is 6.09 Å². The van der Waals surface area contributed by atoms with Gasteiger partial charge in [0, 0.05) is 16.5 Å². The lowest BCUT2D eigenvalue weighted by molar-refractivity contribution is -0.122. The molecule has 2 aromatic rings. The average Bonchev–Trinajstić information content (AvgIpc) is 3.08. The molecule has 0 aliphatic carbocycles. The number of ether oxygens (including phenoxy) is 1. The second-order valence-electron chi connectivity index (χ2n) is 9.03. The highest BCUT2D eigenvalue weighted by Gasteiger charge is 2.54. The van der Waals surface area contributed by atoms with Gasteiger partial charge in [0.25, 0.3) is 0 Å². The molecule has 0 bridgehead atoms. The molecule has 3 N–H and O–H groups in total. The summed E-state index contributed by atoms with van der Waals surface area (Å²) in [7, 11) is 0. The largest absolute Gasteiger partial charge is 0.444 e. The summed E-state index contributed by atoms with van der Waals surface area (Å²) in [6, 6.07) is 10.6. The number of halogens is 2. The number of hydrogen-bond acceptors (Lipinski definition) is 4. The minimum absolute atomic E-state index is 0.210. The molecule has 4 atom stereocenters. The molecular formula is C23H25ClFN3O3. The highest BCUT2D eigenvalue weighted by Crippen LogP contribution is 2.54. The molecule has 8 heteroatoms. The number of primary amides is 1. The summed E-state index contributed by atoms with van der Waals surface area (Å²) in [5, 5.41) is 3.49. The van der Waals surface area contributed by atoms with E-state index in [1.165, 1.54) is 11.0 Å². The normalized spacial score (nSPS) is 24.7. The lowest BCUT2D eigenvalue weighted by Gasteiger charge is -2.40. The van der Waals surface area contributed by atoms with E-state index in [2.05, 4.69) is 5.32 Å². The van der Waals surface area contributed by atoms with Gasteiger partial charge in [0.1, 0.15) is 17.5 Å². The van der Waals surface area contributed by atoms with Crippen LogP contribution in [0.2, 0.25) is 5.02 Å². The molecule has 2 aliphatic rings. The van der Waals surface area contributed by atoms with Crippen molar-refractivity contribution in [1.82, 2.24) is 4.90 Å².